The zero-order valence-corrected chi connectivity index (χ0v) is 5.59. The van der Waals surface area contributed by atoms with E-state index in [1.54, 1.807) is 7.05 Å². The van der Waals surface area contributed by atoms with E-state index in [1.807, 2.05) is 0 Å². The van der Waals surface area contributed by atoms with E-state index in [1.165, 1.54) is 17.0 Å². The van der Waals surface area contributed by atoms with Crippen molar-refractivity contribution < 1.29 is 0 Å². The highest BCUT2D eigenvalue weighted by Crippen LogP contribution is 1.99. The fraction of sp³-hybridized carbons (Fsp3) is 0.200. The Morgan fingerprint density at radius 3 is 2.89 bits per heavy atom. The highest BCUT2D eigenvalue weighted by molar-refractivity contribution is 6.30. The van der Waals surface area contributed by atoms with Crippen LogP contribution in [-0.4, -0.2) is 9.55 Å². The van der Waals surface area contributed by atoms with Crippen molar-refractivity contribution in [2.75, 3.05) is 0 Å². The molecule has 0 fully saturated rings. The molecule has 0 bridgehead atoms. The van der Waals surface area contributed by atoms with E-state index in [2.05, 4.69) is 4.98 Å². The molecule has 0 N–H and O–H groups in total. The second-order valence-corrected chi connectivity index (χ2v) is 2.10. The fourth-order valence-electron chi connectivity index (χ4n) is 0.482. The van der Waals surface area contributed by atoms with Crippen molar-refractivity contribution in [2.24, 2.45) is 7.05 Å². The van der Waals surface area contributed by atoms with Gasteiger partial charge in [0.05, 0.1) is 11.2 Å². The van der Waals surface area contributed by atoms with Crippen LogP contribution in [0.2, 0.25) is 5.02 Å². The summed E-state index contributed by atoms with van der Waals surface area (Å²) < 4.78 is 1.32. The largest absolute Gasteiger partial charge is 0.347 e. The van der Waals surface area contributed by atoms with Gasteiger partial charge in [0.1, 0.15) is 0 Å². The lowest BCUT2D eigenvalue weighted by Gasteiger charge is -1.92. The third-order valence-corrected chi connectivity index (χ3v) is 1.11. The monoisotopic (exact) mass is 144 g/mol. The summed E-state index contributed by atoms with van der Waals surface area (Å²) in [6, 6.07) is 0. The van der Waals surface area contributed by atoms with Gasteiger partial charge >= 0.3 is 5.69 Å². The zero-order valence-electron chi connectivity index (χ0n) is 4.84. The van der Waals surface area contributed by atoms with Gasteiger partial charge in [-0.05, 0) is 0 Å². The highest BCUT2D eigenvalue weighted by Gasteiger charge is 1.89. The Balaban J connectivity index is 3.34. The molecule has 1 aromatic heterocycles. The maximum atomic E-state index is 10.6. The lowest BCUT2D eigenvalue weighted by atomic mass is 10.6. The molecule has 0 saturated carbocycles. The predicted molar refractivity (Wildman–Crippen MR) is 34.5 cm³/mol. The minimum atomic E-state index is -0.292. The zero-order chi connectivity index (χ0) is 6.85. The number of hydrogen-bond donors (Lipinski definition) is 0. The van der Waals surface area contributed by atoms with Gasteiger partial charge in [0, 0.05) is 13.2 Å². The molecule has 1 aromatic rings. The molecule has 3 nitrogen and oxygen atoms in total. The standard InChI is InChI=1S/C5H5ClN2O/c1-8-3-4(6)2-7-5(8)9/h2-3H,1H3. The van der Waals surface area contributed by atoms with Gasteiger partial charge in [-0.15, -0.1) is 0 Å². The van der Waals surface area contributed by atoms with Crippen LogP contribution in [0.5, 0.6) is 0 Å². The van der Waals surface area contributed by atoms with Gasteiger partial charge in [-0.1, -0.05) is 11.6 Å². The second-order valence-electron chi connectivity index (χ2n) is 1.67. The Morgan fingerprint density at radius 2 is 2.44 bits per heavy atom. The van der Waals surface area contributed by atoms with Crippen LogP contribution in [0.15, 0.2) is 17.2 Å². The molecule has 0 aliphatic carbocycles. The third-order valence-electron chi connectivity index (χ3n) is 0.917. The highest BCUT2D eigenvalue weighted by atomic mass is 35.5. The summed E-state index contributed by atoms with van der Waals surface area (Å²) in [4.78, 5) is 14.0. The Kier molecular flexibility index (Phi) is 1.53. The van der Waals surface area contributed by atoms with Gasteiger partial charge < -0.3 is 4.57 Å². The van der Waals surface area contributed by atoms with E-state index in [4.69, 9.17) is 11.6 Å². The van der Waals surface area contributed by atoms with Crippen molar-refractivity contribution in [1.29, 1.82) is 0 Å². The average Bonchev–Trinajstić information content (AvgIpc) is 1.80. The summed E-state index contributed by atoms with van der Waals surface area (Å²) in [6.45, 7) is 0. The molecule has 48 valence electrons. The van der Waals surface area contributed by atoms with Crippen LogP contribution >= 0.6 is 11.6 Å². The first kappa shape index (κ1) is 6.29. The Hall–Kier alpha value is -0.830. The summed E-state index contributed by atoms with van der Waals surface area (Å²) in [5, 5.41) is 0.470. The molecule has 0 atom stereocenters. The van der Waals surface area contributed by atoms with Gasteiger partial charge in [0.25, 0.3) is 0 Å². The van der Waals surface area contributed by atoms with Crippen LogP contribution < -0.4 is 5.69 Å². The molecule has 0 aliphatic heterocycles. The molecule has 0 saturated heterocycles. The van der Waals surface area contributed by atoms with Gasteiger partial charge in [0.2, 0.25) is 0 Å². The minimum absolute atomic E-state index is 0.292. The van der Waals surface area contributed by atoms with Gasteiger partial charge in [-0.25, -0.2) is 9.78 Å². The van der Waals surface area contributed by atoms with Gasteiger partial charge in [0.15, 0.2) is 0 Å². The minimum Gasteiger partial charge on any atom is -0.301 e. The number of halogens is 1. The Morgan fingerprint density at radius 1 is 1.78 bits per heavy atom. The molecule has 4 heteroatoms. The quantitative estimate of drug-likeness (QED) is 0.530. The Bertz CT molecular complexity index is 268. The Labute approximate surface area is 56.9 Å². The topological polar surface area (TPSA) is 34.9 Å². The van der Waals surface area contributed by atoms with E-state index in [-0.39, 0.29) is 5.69 Å². The first-order chi connectivity index (χ1) is 4.20. The summed E-state index contributed by atoms with van der Waals surface area (Å²) >= 11 is 5.49. The van der Waals surface area contributed by atoms with Crippen molar-refractivity contribution >= 4 is 11.6 Å². The van der Waals surface area contributed by atoms with Crippen LogP contribution in [0.3, 0.4) is 0 Å². The molecule has 0 aliphatic rings. The maximum Gasteiger partial charge on any atom is 0.347 e. The SMILES string of the molecule is Cn1cc(Cl)cnc1=O. The van der Waals surface area contributed by atoms with Crippen molar-refractivity contribution in [3.63, 3.8) is 0 Å². The van der Waals surface area contributed by atoms with E-state index < -0.39 is 0 Å². The summed E-state index contributed by atoms with van der Waals surface area (Å²) in [5.74, 6) is 0. The van der Waals surface area contributed by atoms with E-state index >= 15 is 0 Å². The smallest absolute Gasteiger partial charge is 0.301 e. The second kappa shape index (κ2) is 2.19. The van der Waals surface area contributed by atoms with E-state index in [9.17, 15) is 4.79 Å². The number of rotatable bonds is 0. The van der Waals surface area contributed by atoms with E-state index in [0.29, 0.717) is 5.02 Å². The van der Waals surface area contributed by atoms with E-state index in [0.717, 1.165) is 0 Å². The number of aryl methyl sites for hydroxylation is 1. The van der Waals surface area contributed by atoms with Gasteiger partial charge in [-0.3, -0.25) is 0 Å². The molecule has 9 heavy (non-hydrogen) atoms. The molecule has 1 rings (SSSR count). The van der Waals surface area contributed by atoms with Crippen molar-refractivity contribution in [1.82, 2.24) is 9.55 Å². The lowest BCUT2D eigenvalue weighted by molar-refractivity contribution is 0.810. The summed E-state index contributed by atoms with van der Waals surface area (Å²) in [6.07, 6.45) is 2.83. The molecule has 0 radical (unpaired) electrons. The molecule has 0 spiro atoms. The molecule has 1 heterocycles. The summed E-state index contributed by atoms with van der Waals surface area (Å²) in [7, 11) is 1.60. The molecule has 0 aromatic carbocycles. The first-order valence-electron chi connectivity index (χ1n) is 2.38. The fourth-order valence-corrected chi connectivity index (χ4v) is 0.677. The summed E-state index contributed by atoms with van der Waals surface area (Å²) in [5.41, 5.74) is -0.292. The average molecular weight is 145 g/mol. The molecular weight excluding hydrogens is 140 g/mol. The number of nitrogens with zero attached hydrogens (tertiary/aromatic N) is 2. The predicted octanol–water partition coefficient (Wildman–Crippen LogP) is 0.434. The van der Waals surface area contributed by atoms with Gasteiger partial charge in [-0.2, -0.15) is 0 Å². The first-order valence-corrected chi connectivity index (χ1v) is 2.76. The maximum absolute atomic E-state index is 10.6. The normalized spacial score (nSPS) is 9.56. The number of hydrogen-bond acceptors (Lipinski definition) is 2. The van der Waals surface area contributed by atoms with Crippen LogP contribution in [0, 0.1) is 0 Å². The third kappa shape index (κ3) is 1.29. The van der Waals surface area contributed by atoms with Crippen LogP contribution in [0.1, 0.15) is 0 Å². The van der Waals surface area contributed by atoms with Crippen LogP contribution in [-0.2, 0) is 7.05 Å². The van der Waals surface area contributed by atoms with Crippen molar-refractivity contribution in [3.8, 4) is 0 Å². The van der Waals surface area contributed by atoms with Crippen LogP contribution in [0.25, 0.3) is 0 Å². The lowest BCUT2D eigenvalue weighted by Crippen LogP contribution is -2.17. The molecular formula is C5H5ClN2O. The number of aromatic nitrogens is 2. The van der Waals surface area contributed by atoms with Crippen LogP contribution in [0.4, 0.5) is 0 Å². The molecule has 0 amide bonds. The van der Waals surface area contributed by atoms with Crippen molar-refractivity contribution in [3.05, 3.63) is 27.9 Å². The molecule has 0 unspecified atom stereocenters. The van der Waals surface area contributed by atoms with Crippen molar-refractivity contribution in [2.45, 2.75) is 0 Å².